The molecule has 1 aliphatic heterocycles. The van der Waals surface area contributed by atoms with Crippen LogP contribution in [0.3, 0.4) is 0 Å². The van der Waals surface area contributed by atoms with Crippen molar-refractivity contribution in [2.75, 3.05) is 13.1 Å². The summed E-state index contributed by atoms with van der Waals surface area (Å²) in [4.78, 5) is 31.9. The van der Waals surface area contributed by atoms with Crippen molar-refractivity contribution in [2.45, 2.75) is 19.4 Å². The van der Waals surface area contributed by atoms with Gasteiger partial charge in [0.15, 0.2) is 11.4 Å². The number of thiazole rings is 1. The maximum Gasteiger partial charge on any atom is 0.180 e. The van der Waals surface area contributed by atoms with Gasteiger partial charge in [0.05, 0.1) is 52.6 Å². The van der Waals surface area contributed by atoms with Crippen LogP contribution in [-0.2, 0) is 6.42 Å². The van der Waals surface area contributed by atoms with Crippen LogP contribution in [0, 0.1) is 12.7 Å². The Kier molecular flexibility index (Phi) is 6.02. The summed E-state index contributed by atoms with van der Waals surface area (Å²) in [7, 11) is 0. The van der Waals surface area contributed by atoms with Gasteiger partial charge < -0.3 is 9.88 Å². The van der Waals surface area contributed by atoms with Gasteiger partial charge in [-0.3, -0.25) is 9.78 Å². The minimum Gasteiger partial charge on any atom is -0.323 e. The minimum absolute atomic E-state index is 0.0390. The number of nitrogens with one attached hydrogen (secondary N) is 1. The Bertz CT molecular complexity index is 1850. The van der Waals surface area contributed by atoms with Crippen LogP contribution in [0.25, 0.3) is 38.9 Å². The topological polar surface area (TPSA) is 103 Å². The zero-order valence-corrected chi connectivity index (χ0v) is 22.3. The molecule has 1 N–H and O–H groups in total. The molecular weight excluding hydrogens is 527 g/mol. The molecule has 6 aromatic rings. The Morgan fingerprint density at radius 3 is 2.70 bits per heavy atom. The molecule has 1 saturated heterocycles. The van der Waals surface area contributed by atoms with E-state index in [1.807, 2.05) is 37.5 Å². The number of benzene rings is 1. The maximum absolute atomic E-state index is 13.6. The van der Waals surface area contributed by atoms with Crippen molar-refractivity contribution in [1.29, 1.82) is 0 Å². The zero-order chi connectivity index (χ0) is 27.2. The molecule has 0 aliphatic carbocycles. The first-order valence-corrected chi connectivity index (χ1v) is 13.7. The van der Waals surface area contributed by atoms with Gasteiger partial charge in [-0.25, -0.2) is 23.9 Å². The Labute approximate surface area is 232 Å². The molecule has 0 saturated carbocycles. The van der Waals surface area contributed by atoms with Gasteiger partial charge in [0.25, 0.3) is 0 Å². The fraction of sp³-hybridized carbons (Fsp3) is 0.172. The van der Waals surface area contributed by atoms with E-state index in [0.29, 0.717) is 27.6 Å². The third-order valence-electron chi connectivity index (χ3n) is 6.98. The van der Waals surface area contributed by atoms with E-state index >= 15 is 0 Å². The number of imidazole rings is 2. The smallest absolute Gasteiger partial charge is 0.180 e. The van der Waals surface area contributed by atoms with Crippen LogP contribution in [-0.4, -0.2) is 53.0 Å². The second-order valence-corrected chi connectivity index (χ2v) is 10.7. The molecule has 0 amide bonds. The number of halogens is 1. The van der Waals surface area contributed by atoms with E-state index < -0.39 is 0 Å². The lowest BCUT2D eigenvalue weighted by atomic mass is 10.1. The monoisotopic (exact) mass is 550 g/mol. The standard InChI is InChI=1S/C29H23FN8OS/c1-17-28(40-29(34-17)19-3-2-10-31-12-19)24(39)11-21-15-38-25(35-21)9-8-23(36-38)27-26(18-4-6-20(30)7-5-18)33-16-37(27)22-13-32-14-22/h2-10,12,15-16,22,32H,11,13-14H2,1H3. The highest BCUT2D eigenvalue weighted by Gasteiger charge is 2.26. The Morgan fingerprint density at radius 1 is 1.10 bits per heavy atom. The van der Waals surface area contributed by atoms with Crippen molar-refractivity contribution in [1.82, 2.24) is 39.4 Å². The van der Waals surface area contributed by atoms with Crippen molar-refractivity contribution >= 4 is 22.8 Å². The number of ketones is 1. The first kappa shape index (κ1) is 24.4. The fourth-order valence-corrected chi connectivity index (χ4v) is 5.83. The van der Waals surface area contributed by atoms with E-state index in [0.717, 1.165) is 40.6 Å². The van der Waals surface area contributed by atoms with Crippen molar-refractivity contribution in [2.24, 2.45) is 0 Å². The van der Waals surface area contributed by atoms with Crippen molar-refractivity contribution in [3.05, 3.63) is 95.5 Å². The predicted molar refractivity (Wildman–Crippen MR) is 150 cm³/mol. The molecule has 5 aromatic heterocycles. The first-order chi connectivity index (χ1) is 19.5. The van der Waals surface area contributed by atoms with E-state index in [-0.39, 0.29) is 24.1 Å². The zero-order valence-electron chi connectivity index (χ0n) is 21.5. The second kappa shape index (κ2) is 9.85. The summed E-state index contributed by atoms with van der Waals surface area (Å²) in [6.45, 7) is 3.52. The van der Waals surface area contributed by atoms with E-state index in [9.17, 15) is 9.18 Å². The van der Waals surface area contributed by atoms with Crippen LogP contribution in [0.4, 0.5) is 4.39 Å². The quantitative estimate of drug-likeness (QED) is 0.285. The molecule has 1 aliphatic rings. The van der Waals surface area contributed by atoms with Gasteiger partial charge in [0, 0.05) is 36.6 Å². The Balaban J connectivity index is 1.20. The number of hydrogen-bond donors (Lipinski definition) is 1. The number of carbonyl (C=O) groups excluding carboxylic acids is 1. The van der Waals surface area contributed by atoms with Crippen LogP contribution < -0.4 is 5.32 Å². The third-order valence-corrected chi connectivity index (χ3v) is 8.22. The Hall–Kier alpha value is -4.61. The molecule has 1 aromatic carbocycles. The van der Waals surface area contributed by atoms with Crippen LogP contribution in [0.2, 0.25) is 0 Å². The summed E-state index contributed by atoms with van der Waals surface area (Å²) in [6.07, 6.45) is 7.20. The number of aryl methyl sites for hydroxylation is 1. The highest BCUT2D eigenvalue weighted by atomic mass is 32.1. The highest BCUT2D eigenvalue weighted by Crippen LogP contribution is 2.33. The highest BCUT2D eigenvalue weighted by molar-refractivity contribution is 7.17. The SMILES string of the molecule is Cc1nc(-c2cccnc2)sc1C(=O)Cc1cn2nc(-c3c(-c4ccc(F)cc4)ncn3C3CNC3)ccc2n1. The lowest BCUT2D eigenvalue weighted by Gasteiger charge is -2.29. The van der Waals surface area contributed by atoms with E-state index in [4.69, 9.17) is 5.10 Å². The third kappa shape index (κ3) is 4.38. The number of nitrogens with zero attached hydrogens (tertiary/aromatic N) is 7. The molecule has 0 radical (unpaired) electrons. The number of rotatable bonds is 7. The van der Waals surface area contributed by atoms with Gasteiger partial charge >= 0.3 is 0 Å². The molecule has 9 nitrogen and oxygen atoms in total. The van der Waals surface area contributed by atoms with Gasteiger partial charge in [-0.05, 0) is 55.5 Å². The molecular formula is C29H23FN8OS. The van der Waals surface area contributed by atoms with Crippen molar-refractivity contribution in [3.8, 4) is 33.2 Å². The molecule has 0 unspecified atom stereocenters. The number of aromatic nitrogens is 7. The average Bonchev–Trinajstić information content (AvgIpc) is 3.65. The lowest BCUT2D eigenvalue weighted by Crippen LogP contribution is -2.43. The summed E-state index contributed by atoms with van der Waals surface area (Å²) in [6, 6.07) is 14.2. The average molecular weight is 551 g/mol. The molecule has 11 heteroatoms. The van der Waals surface area contributed by atoms with Gasteiger partial charge in [-0.1, -0.05) is 0 Å². The summed E-state index contributed by atoms with van der Waals surface area (Å²) in [5.41, 5.74) is 5.97. The molecule has 0 atom stereocenters. The molecule has 0 spiro atoms. The van der Waals surface area contributed by atoms with E-state index in [1.165, 1.54) is 23.5 Å². The van der Waals surface area contributed by atoms with Crippen molar-refractivity contribution < 1.29 is 9.18 Å². The largest absolute Gasteiger partial charge is 0.323 e. The normalized spacial score (nSPS) is 13.6. The summed E-state index contributed by atoms with van der Waals surface area (Å²) in [5.74, 6) is -0.335. The molecule has 40 heavy (non-hydrogen) atoms. The van der Waals surface area contributed by atoms with Gasteiger partial charge in [-0.2, -0.15) is 5.10 Å². The minimum atomic E-state index is -0.296. The summed E-state index contributed by atoms with van der Waals surface area (Å²) >= 11 is 1.37. The van der Waals surface area contributed by atoms with E-state index in [2.05, 4.69) is 29.8 Å². The number of fused-ring (bicyclic) bond motifs is 1. The molecule has 198 valence electrons. The summed E-state index contributed by atoms with van der Waals surface area (Å²) < 4.78 is 17.4. The molecule has 0 bridgehead atoms. The first-order valence-electron chi connectivity index (χ1n) is 12.8. The van der Waals surface area contributed by atoms with Crippen LogP contribution in [0.1, 0.15) is 27.1 Å². The predicted octanol–water partition coefficient (Wildman–Crippen LogP) is 4.80. The second-order valence-electron chi connectivity index (χ2n) is 9.70. The van der Waals surface area contributed by atoms with Crippen LogP contribution in [0.5, 0.6) is 0 Å². The molecule has 6 heterocycles. The maximum atomic E-state index is 13.6. The van der Waals surface area contributed by atoms with Crippen LogP contribution in [0.15, 0.2) is 73.4 Å². The van der Waals surface area contributed by atoms with Gasteiger partial charge in [0.1, 0.15) is 16.5 Å². The summed E-state index contributed by atoms with van der Waals surface area (Å²) in [5, 5.41) is 8.93. The number of carbonyl (C=O) groups is 1. The number of pyridine rings is 1. The number of hydrogen-bond acceptors (Lipinski definition) is 8. The number of Topliss-reactive ketones (excluding diaryl/α,β-unsaturated/α-hetero) is 1. The van der Waals surface area contributed by atoms with Gasteiger partial charge in [0.2, 0.25) is 0 Å². The van der Waals surface area contributed by atoms with Crippen molar-refractivity contribution in [3.63, 3.8) is 0 Å². The molecule has 7 rings (SSSR count). The Morgan fingerprint density at radius 2 is 1.95 bits per heavy atom. The van der Waals surface area contributed by atoms with E-state index in [1.54, 1.807) is 35.2 Å². The fourth-order valence-electron chi connectivity index (χ4n) is 4.84. The lowest BCUT2D eigenvalue weighted by molar-refractivity contribution is 0.0995. The van der Waals surface area contributed by atoms with Gasteiger partial charge in [-0.15, -0.1) is 11.3 Å². The van der Waals surface area contributed by atoms with Crippen LogP contribution >= 0.6 is 11.3 Å². The molecule has 1 fully saturated rings.